The number of nitrogens with one attached hydrogen (secondary N) is 1. The number of amides is 1. The first kappa shape index (κ1) is 8.43. The molecule has 2 N–H and O–H groups in total. The van der Waals surface area contributed by atoms with E-state index in [1.54, 1.807) is 0 Å². The van der Waals surface area contributed by atoms with E-state index in [-0.39, 0.29) is 18.6 Å². The van der Waals surface area contributed by atoms with Crippen LogP contribution in [0, 0.1) is 5.92 Å². The van der Waals surface area contributed by atoms with Crippen molar-refractivity contribution in [1.29, 1.82) is 0 Å². The highest BCUT2D eigenvalue weighted by molar-refractivity contribution is 5.77. The van der Waals surface area contributed by atoms with Gasteiger partial charge in [0.2, 0.25) is 5.91 Å². The first-order chi connectivity index (χ1) is 4.22. The van der Waals surface area contributed by atoms with Crippen LogP contribution in [0.5, 0.6) is 0 Å². The summed E-state index contributed by atoms with van der Waals surface area (Å²) in [6, 6.07) is 0. The number of rotatable bonds is 3. The number of hydrogen-bond acceptors (Lipinski definition) is 2. The third kappa shape index (κ3) is 3.08. The van der Waals surface area contributed by atoms with E-state index in [2.05, 4.69) is 5.32 Å². The van der Waals surface area contributed by atoms with Gasteiger partial charge in [0.1, 0.15) is 6.73 Å². The molecule has 3 nitrogen and oxygen atoms in total. The van der Waals surface area contributed by atoms with Gasteiger partial charge in [0.05, 0.1) is 0 Å². The van der Waals surface area contributed by atoms with E-state index >= 15 is 0 Å². The van der Waals surface area contributed by atoms with E-state index in [0.29, 0.717) is 0 Å². The smallest absolute Gasteiger partial charge is 0.224 e. The van der Waals surface area contributed by atoms with Crippen LogP contribution in [0.25, 0.3) is 0 Å². The predicted octanol–water partition coefficient (Wildman–Crippen LogP) is 0.0985. The second-order valence-electron chi connectivity index (χ2n) is 2.01. The highest BCUT2D eigenvalue weighted by Gasteiger charge is 2.07. The summed E-state index contributed by atoms with van der Waals surface area (Å²) in [6.07, 6.45) is 0.811. The Morgan fingerprint density at radius 2 is 2.33 bits per heavy atom. The lowest BCUT2D eigenvalue weighted by atomic mass is 10.1. The topological polar surface area (TPSA) is 49.3 Å². The maximum Gasteiger partial charge on any atom is 0.224 e. The van der Waals surface area contributed by atoms with E-state index in [0.717, 1.165) is 6.42 Å². The summed E-state index contributed by atoms with van der Waals surface area (Å²) in [6.45, 7) is 3.50. The van der Waals surface area contributed by atoms with Crippen LogP contribution in [0.4, 0.5) is 0 Å². The Hall–Kier alpha value is -0.570. The van der Waals surface area contributed by atoms with E-state index in [9.17, 15) is 4.79 Å². The van der Waals surface area contributed by atoms with Crippen LogP contribution < -0.4 is 5.32 Å². The molecule has 0 aliphatic carbocycles. The van der Waals surface area contributed by atoms with E-state index < -0.39 is 0 Å². The van der Waals surface area contributed by atoms with Crippen molar-refractivity contribution in [3.63, 3.8) is 0 Å². The molecule has 1 unspecified atom stereocenters. The Labute approximate surface area is 55.1 Å². The SMILES string of the molecule is CCC(C)C(=O)NCO. The maximum absolute atomic E-state index is 10.7. The largest absolute Gasteiger partial charge is 0.377 e. The molecule has 0 aromatic carbocycles. The van der Waals surface area contributed by atoms with Crippen molar-refractivity contribution in [1.82, 2.24) is 5.32 Å². The lowest BCUT2D eigenvalue weighted by Crippen LogP contribution is -2.29. The highest BCUT2D eigenvalue weighted by Crippen LogP contribution is 1.98. The molecule has 0 radical (unpaired) electrons. The molecule has 0 saturated heterocycles. The van der Waals surface area contributed by atoms with Crippen molar-refractivity contribution in [2.24, 2.45) is 5.92 Å². The van der Waals surface area contributed by atoms with Gasteiger partial charge in [0.15, 0.2) is 0 Å². The standard InChI is InChI=1S/C6H13NO2/c1-3-5(2)6(9)7-4-8/h5,8H,3-4H2,1-2H3,(H,7,9). The van der Waals surface area contributed by atoms with E-state index in [4.69, 9.17) is 5.11 Å². The molecule has 0 heterocycles. The van der Waals surface area contributed by atoms with Crippen molar-refractivity contribution in [2.45, 2.75) is 20.3 Å². The number of aliphatic hydroxyl groups is 1. The van der Waals surface area contributed by atoms with Crippen molar-refractivity contribution in [2.75, 3.05) is 6.73 Å². The monoisotopic (exact) mass is 131 g/mol. The Morgan fingerprint density at radius 3 is 2.67 bits per heavy atom. The molecule has 0 aliphatic rings. The zero-order valence-corrected chi connectivity index (χ0v) is 5.85. The van der Waals surface area contributed by atoms with Crippen LogP contribution in [-0.4, -0.2) is 17.7 Å². The van der Waals surface area contributed by atoms with Crippen LogP contribution in [0.1, 0.15) is 20.3 Å². The molecule has 0 saturated carbocycles. The zero-order chi connectivity index (χ0) is 7.28. The fourth-order valence-corrected chi connectivity index (χ4v) is 0.438. The van der Waals surface area contributed by atoms with E-state index in [1.807, 2.05) is 13.8 Å². The maximum atomic E-state index is 10.7. The average Bonchev–Trinajstić information content (AvgIpc) is 1.87. The third-order valence-electron chi connectivity index (χ3n) is 1.31. The fourth-order valence-electron chi connectivity index (χ4n) is 0.438. The third-order valence-corrected chi connectivity index (χ3v) is 1.31. The molecule has 0 rings (SSSR count). The second-order valence-corrected chi connectivity index (χ2v) is 2.01. The molecule has 0 aliphatic heterocycles. The minimum absolute atomic E-state index is 0.0112. The normalized spacial score (nSPS) is 12.8. The molecule has 0 spiro atoms. The zero-order valence-electron chi connectivity index (χ0n) is 5.85. The first-order valence-corrected chi connectivity index (χ1v) is 3.11. The van der Waals surface area contributed by atoms with Crippen LogP contribution in [0.2, 0.25) is 0 Å². The van der Waals surface area contributed by atoms with Gasteiger partial charge in [-0.2, -0.15) is 0 Å². The van der Waals surface area contributed by atoms with Crippen LogP contribution in [0.15, 0.2) is 0 Å². The Bertz CT molecular complexity index is 93.1. The summed E-state index contributed by atoms with van der Waals surface area (Å²) in [5.74, 6) is -0.0721. The lowest BCUT2D eigenvalue weighted by Gasteiger charge is -2.05. The van der Waals surface area contributed by atoms with Crippen molar-refractivity contribution in [3.05, 3.63) is 0 Å². The van der Waals surface area contributed by atoms with Gasteiger partial charge in [-0.25, -0.2) is 0 Å². The van der Waals surface area contributed by atoms with Gasteiger partial charge in [0, 0.05) is 5.92 Å². The second kappa shape index (κ2) is 4.32. The minimum Gasteiger partial charge on any atom is -0.377 e. The van der Waals surface area contributed by atoms with Crippen molar-refractivity contribution < 1.29 is 9.90 Å². The van der Waals surface area contributed by atoms with E-state index in [1.165, 1.54) is 0 Å². The molecule has 54 valence electrons. The Kier molecular flexibility index (Phi) is 4.05. The average molecular weight is 131 g/mol. The summed E-state index contributed by atoms with van der Waals surface area (Å²) in [5, 5.41) is 10.6. The molecular formula is C6H13NO2. The summed E-state index contributed by atoms with van der Waals surface area (Å²) in [5.41, 5.74) is 0. The van der Waals surface area contributed by atoms with Crippen LogP contribution >= 0.6 is 0 Å². The number of carbonyl (C=O) groups is 1. The van der Waals surface area contributed by atoms with Gasteiger partial charge in [-0.1, -0.05) is 13.8 Å². The summed E-state index contributed by atoms with van der Waals surface area (Å²) >= 11 is 0. The molecule has 0 fully saturated rings. The fraction of sp³-hybridized carbons (Fsp3) is 0.833. The summed E-state index contributed by atoms with van der Waals surface area (Å²) < 4.78 is 0. The van der Waals surface area contributed by atoms with Crippen molar-refractivity contribution in [3.8, 4) is 0 Å². The molecular weight excluding hydrogens is 118 g/mol. The number of aliphatic hydroxyl groups excluding tert-OH is 1. The predicted molar refractivity (Wildman–Crippen MR) is 34.7 cm³/mol. The molecule has 0 bridgehead atoms. The van der Waals surface area contributed by atoms with Crippen molar-refractivity contribution >= 4 is 5.91 Å². The quantitative estimate of drug-likeness (QED) is 0.534. The van der Waals surface area contributed by atoms with Gasteiger partial charge < -0.3 is 10.4 Å². The molecule has 1 amide bonds. The minimum atomic E-state index is -0.261. The van der Waals surface area contributed by atoms with Gasteiger partial charge in [0.25, 0.3) is 0 Å². The van der Waals surface area contributed by atoms with Gasteiger partial charge in [-0.15, -0.1) is 0 Å². The highest BCUT2D eigenvalue weighted by atomic mass is 16.3. The van der Waals surface area contributed by atoms with Gasteiger partial charge in [-0.05, 0) is 6.42 Å². The van der Waals surface area contributed by atoms with Gasteiger partial charge >= 0.3 is 0 Å². The first-order valence-electron chi connectivity index (χ1n) is 3.11. The molecule has 0 aromatic heterocycles. The molecule has 3 heteroatoms. The number of carbonyl (C=O) groups excluding carboxylic acids is 1. The lowest BCUT2D eigenvalue weighted by molar-refractivity contribution is -0.125. The van der Waals surface area contributed by atoms with Gasteiger partial charge in [-0.3, -0.25) is 4.79 Å². The van der Waals surface area contributed by atoms with Crippen LogP contribution in [0.3, 0.4) is 0 Å². The summed E-state index contributed by atoms with van der Waals surface area (Å²) in [7, 11) is 0. The summed E-state index contributed by atoms with van der Waals surface area (Å²) in [4.78, 5) is 10.7. The Balaban J connectivity index is 3.46. The Morgan fingerprint density at radius 1 is 1.78 bits per heavy atom. The number of hydrogen-bond donors (Lipinski definition) is 2. The van der Waals surface area contributed by atoms with Crippen LogP contribution in [-0.2, 0) is 4.79 Å². The molecule has 0 aromatic rings. The molecule has 1 atom stereocenters. The molecule has 9 heavy (non-hydrogen) atoms.